The van der Waals surface area contributed by atoms with Crippen LogP contribution in [-0.2, 0) is 11.4 Å². The van der Waals surface area contributed by atoms with Crippen molar-refractivity contribution >= 4 is 11.6 Å². The van der Waals surface area contributed by atoms with E-state index in [1.54, 1.807) is 6.07 Å². The Morgan fingerprint density at radius 3 is 2.82 bits per heavy atom. The maximum Gasteiger partial charge on any atom is 0.132 e. The lowest BCUT2D eigenvalue weighted by Gasteiger charge is -1.99. The molecule has 4 heteroatoms. The van der Waals surface area contributed by atoms with E-state index in [-0.39, 0.29) is 5.82 Å². The second-order valence-electron chi connectivity index (χ2n) is 2.08. The molecule has 0 aliphatic rings. The molecule has 0 aliphatic heterocycles. The van der Waals surface area contributed by atoms with Gasteiger partial charge in [0.25, 0.3) is 0 Å². The van der Waals surface area contributed by atoms with E-state index in [0.717, 1.165) is 5.56 Å². The zero-order chi connectivity index (χ0) is 8.27. The van der Waals surface area contributed by atoms with Crippen LogP contribution in [0.5, 0.6) is 0 Å². The lowest BCUT2D eigenvalue weighted by molar-refractivity contribution is -0.695. The van der Waals surface area contributed by atoms with Crippen molar-refractivity contribution in [1.29, 1.82) is 0 Å². The van der Waals surface area contributed by atoms with Crippen molar-refractivity contribution in [2.75, 3.05) is 0 Å². The third kappa shape index (κ3) is 2.15. The fraction of sp³-hybridized carbons (Fsp3) is 0.143. The van der Waals surface area contributed by atoms with Gasteiger partial charge in [0.15, 0.2) is 0 Å². The fourth-order valence-corrected chi connectivity index (χ4v) is 0.970. The summed E-state index contributed by atoms with van der Waals surface area (Å²) in [4.78, 5) is 4.59. The standard InChI is InChI=1S/C7H8ClFNO/c8-7-3-6(9)2-1-5(7)4-11-10/h1-3H,4H2,10H3/q+1. The number of halogens is 2. The lowest BCUT2D eigenvalue weighted by atomic mass is 10.2. The first-order valence-electron chi connectivity index (χ1n) is 3.05. The Morgan fingerprint density at radius 2 is 2.27 bits per heavy atom. The van der Waals surface area contributed by atoms with Gasteiger partial charge in [0.05, 0.1) is 0 Å². The van der Waals surface area contributed by atoms with Gasteiger partial charge in [0.1, 0.15) is 12.4 Å². The van der Waals surface area contributed by atoms with Crippen molar-refractivity contribution in [2.45, 2.75) is 6.61 Å². The minimum absolute atomic E-state index is 0.305. The molecule has 0 amide bonds. The molecule has 0 fully saturated rings. The second kappa shape index (κ2) is 3.67. The van der Waals surface area contributed by atoms with Gasteiger partial charge >= 0.3 is 0 Å². The van der Waals surface area contributed by atoms with Crippen LogP contribution in [0.25, 0.3) is 0 Å². The summed E-state index contributed by atoms with van der Waals surface area (Å²) in [7, 11) is 0. The van der Waals surface area contributed by atoms with E-state index < -0.39 is 0 Å². The Hall–Kier alpha value is -0.640. The van der Waals surface area contributed by atoms with Gasteiger partial charge in [-0.05, 0) is 12.1 Å². The van der Waals surface area contributed by atoms with E-state index in [9.17, 15) is 4.39 Å². The van der Waals surface area contributed by atoms with E-state index >= 15 is 0 Å². The SMILES string of the molecule is [NH3+]OCc1ccc(F)cc1Cl. The van der Waals surface area contributed by atoms with Gasteiger partial charge < -0.3 is 0 Å². The lowest BCUT2D eigenvalue weighted by Crippen LogP contribution is -2.48. The number of rotatable bonds is 2. The summed E-state index contributed by atoms with van der Waals surface area (Å²) in [5.74, 6) is 2.85. The Balaban J connectivity index is 2.90. The molecule has 0 heterocycles. The van der Waals surface area contributed by atoms with E-state index in [2.05, 4.69) is 10.7 Å². The Labute approximate surface area is 68.7 Å². The highest BCUT2D eigenvalue weighted by Gasteiger charge is 2.01. The van der Waals surface area contributed by atoms with Gasteiger partial charge in [0.2, 0.25) is 0 Å². The average Bonchev–Trinajstić information content (AvgIpc) is 1.95. The number of quaternary nitrogens is 1. The molecule has 0 saturated heterocycles. The van der Waals surface area contributed by atoms with Crippen LogP contribution >= 0.6 is 11.6 Å². The maximum absolute atomic E-state index is 12.4. The molecule has 0 saturated carbocycles. The summed E-state index contributed by atoms with van der Waals surface area (Å²) in [6, 6.07) is 4.15. The number of benzene rings is 1. The summed E-state index contributed by atoms with van der Waals surface area (Å²) < 4.78 is 12.4. The Morgan fingerprint density at radius 1 is 1.55 bits per heavy atom. The van der Waals surface area contributed by atoms with Crippen molar-refractivity contribution in [3.8, 4) is 0 Å². The highest BCUT2D eigenvalue weighted by atomic mass is 35.5. The summed E-state index contributed by atoms with van der Waals surface area (Å²) in [5, 5.41) is 0.369. The molecule has 0 bridgehead atoms. The molecule has 60 valence electrons. The van der Waals surface area contributed by atoms with Crippen molar-refractivity contribution in [3.63, 3.8) is 0 Å². The van der Waals surface area contributed by atoms with Gasteiger partial charge in [-0.1, -0.05) is 17.7 Å². The number of hydrogen-bond donors (Lipinski definition) is 1. The van der Waals surface area contributed by atoms with Gasteiger partial charge in [-0.15, -0.1) is 0 Å². The van der Waals surface area contributed by atoms with E-state index in [0.29, 0.717) is 11.6 Å². The molecule has 1 aromatic rings. The fourth-order valence-electron chi connectivity index (χ4n) is 0.749. The smallest absolute Gasteiger partial charge is 0.132 e. The largest absolute Gasteiger partial charge is 0.212 e. The first kappa shape index (κ1) is 8.46. The molecule has 2 nitrogen and oxygen atoms in total. The molecule has 0 radical (unpaired) electrons. The summed E-state index contributed by atoms with van der Waals surface area (Å²) in [6.07, 6.45) is 0. The van der Waals surface area contributed by atoms with Crippen LogP contribution in [-0.4, -0.2) is 0 Å². The molecular formula is C7H8ClFNO+. The van der Waals surface area contributed by atoms with Gasteiger partial charge in [-0.3, -0.25) is 0 Å². The molecule has 1 aromatic carbocycles. The van der Waals surface area contributed by atoms with Gasteiger partial charge in [-0.2, -0.15) is 0 Å². The zero-order valence-electron chi connectivity index (χ0n) is 5.81. The molecule has 0 atom stereocenters. The highest BCUT2D eigenvalue weighted by molar-refractivity contribution is 6.31. The first-order valence-corrected chi connectivity index (χ1v) is 3.42. The third-order valence-electron chi connectivity index (χ3n) is 1.27. The topological polar surface area (TPSA) is 36.9 Å². The summed E-state index contributed by atoms with van der Waals surface area (Å²) in [6.45, 7) is 0.305. The number of hydrogen-bond acceptors (Lipinski definition) is 1. The van der Waals surface area contributed by atoms with E-state index in [1.807, 2.05) is 0 Å². The molecule has 11 heavy (non-hydrogen) atoms. The predicted octanol–water partition coefficient (Wildman–Crippen LogP) is 1.15. The zero-order valence-corrected chi connectivity index (χ0v) is 6.57. The molecule has 1 rings (SSSR count). The second-order valence-corrected chi connectivity index (χ2v) is 2.49. The predicted molar refractivity (Wildman–Crippen MR) is 39.1 cm³/mol. The normalized spacial score (nSPS) is 10.1. The third-order valence-corrected chi connectivity index (χ3v) is 1.62. The van der Waals surface area contributed by atoms with Crippen LogP contribution in [0, 0.1) is 5.82 Å². The van der Waals surface area contributed by atoms with Crippen molar-refractivity contribution in [2.24, 2.45) is 0 Å². The van der Waals surface area contributed by atoms with Crippen LogP contribution in [0.4, 0.5) is 4.39 Å². The van der Waals surface area contributed by atoms with Crippen LogP contribution in [0.15, 0.2) is 18.2 Å². The molecule has 3 N–H and O–H groups in total. The molecule has 0 aromatic heterocycles. The van der Waals surface area contributed by atoms with E-state index in [4.69, 9.17) is 11.6 Å². The van der Waals surface area contributed by atoms with Crippen molar-refractivity contribution in [3.05, 3.63) is 34.6 Å². The Bertz CT molecular complexity index is 254. The average molecular weight is 177 g/mol. The summed E-state index contributed by atoms with van der Waals surface area (Å²) >= 11 is 5.66. The molecular weight excluding hydrogens is 169 g/mol. The monoisotopic (exact) mass is 176 g/mol. The Kier molecular flexibility index (Phi) is 2.82. The molecule has 0 unspecified atom stereocenters. The highest BCUT2D eigenvalue weighted by Crippen LogP contribution is 2.16. The molecule has 0 spiro atoms. The van der Waals surface area contributed by atoms with Crippen LogP contribution in [0.1, 0.15) is 5.56 Å². The van der Waals surface area contributed by atoms with Crippen molar-refractivity contribution in [1.82, 2.24) is 0 Å². The van der Waals surface area contributed by atoms with Gasteiger partial charge in [-0.25, -0.2) is 15.1 Å². The maximum atomic E-state index is 12.4. The van der Waals surface area contributed by atoms with Crippen molar-refractivity contribution < 1.29 is 15.1 Å². The van der Waals surface area contributed by atoms with Crippen LogP contribution < -0.4 is 5.90 Å². The van der Waals surface area contributed by atoms with Gasteiger partial charge in [0, 0.05) is 10.6 Å². The van der Waals surface area contributed by atoms with E-state index in [1.165, 1.54) is 12.1 Å². The minimum Gasteiger partial charge on any atom is -0.212 e. The van der Waals surface area contributed by atoms with Crippen LogP contribution in [0.3, 0.4) is 0 Å². The summed E-state index contributed by atoms with van der Waals surface area (Å²) in [5.41, 5.74) is 0.739. The molecule has 0 aliphatic carbocycles. The minimum atomic E-state index is -0.345. The quantitative estimate of drug-likeness (QED) is 0.675. The van der Waals surface area contributed by atoms with Crippen LogP contribution in [0.2, 0.25) is 5.02 Å². The first-order chi connectivity index (χ1) is 5.24.